The van der Waals surface area contributed by atoms with Crippen molar-refractivity contribution in [3.05, 3.63) is 71.9 Å². The van der Waals surface area contributed by atoms with Gasteiger partial charge in [0, 0.05) is 30.1 Å². The molecular weight excluding hydrogens is 486 g/mol. The first-order valence-electron chi connectivity index (χ1n) is 12.6. The number of carbonyl (C=O) groups is 4. The fourth-order valence-corrected chi connectivity index (χ4v) is 5.94. The zero-order valence-electron chi connectivity index (χ0n) is 21.8. The first-order chi connectivity index (χ1) is 18.0. The highest BCUT2D eigenvalue weighted by Gasteiger charge is 2.70. The lowest BCUT2D eigenvalue weighted by molar-refractivity contribution is -0.156. The third-order valence-corrected chi connectivity index (χ3v) is 7.57. The SMILES string of the molecule is CC(=O)n1cc(C2NC(COCc3ccccc3)(C(=O)O)C3C(=O)N(C(C)(C)C)C(=O)C23)c2ccccc21. The summed E-state index contributed by atoms with van der Waals surface area (Å²) in [5, 5.41) is 14.5. The van der Waals surface area contributed by atoms with E-state index in [0.717, 1.165) is 5.56 Å². The van der Waals surface area contributed by atoms with Gasteiger partial charge in [-0.05, 0) is 38.0 Å². The summed E-state index contributed by atoms with van der Waals surface area (Å²) in [7, 11) is 0. The molecule has 2 N–H and O–H groups in total. The highest BCUT2D eigenvalue weighted by molar-refractivity contribution is 6.10. The van der Waals surface area contributed by atoms with Gasteiger partial charge in [0.2, 0.25) is 17.7 Å². The van der Waals surface area contributed by atoms with Crippen molar-refractivity contribution in [2.24, 2.45) is 11.8 Å². The maximum Gasteiger partial charge on any atom is 0.327 e. The van der Waals surface area contributed by atoms with Gasteiger partial charge in [-0.2, -0.15) is 0 Å². The molecule has 3 aromatic rings. The van der Waals surface area contributed by atoms with Crippen LogP contribution in [0.5, 0.6) is 0 Å². The Morgan fingerprint density at radius 2 is 1.68 bits per heavy atom. The molecule has 0 bridgehead atoms. The third kappa shape index (κ3) is 3.93. The first-order valence-corrected chi connectivity index (χ1v) is 12.6. The standard InChI is InChI=1S/C29H31N3O6/c1-17(33)31-14-20(19-12-8-9-13-21(19)31)24-22-23(26(35)32(25(22)34)28(2,3)4)29(30-24,27(36)37)16-38-15-18-10-6-5-7-11-18/h5-14,22-24,30H,15-16H2,1-4H3,(H,36,37). The number of carbonyl (C=O) groups excluding carboxylic acids is 3. The molecule has 0 aliphatic carbocycles. The van der Waals surface area contributed by atoms with Crippen LogP contribution in [0.2, 0.25) is 0 Å². The lowest BCUT2D eigenvalue weighted by Crippen LogP contribution is -2.60. The summed E-state index contributed by atoms with van der Waals surface area (Å²) in [6.07, 6.45) is 1.64. The van der Waals surface area contributed by atoms with Crippen molar-refractivity contribution < 1.29 is 29.0 Å². The number of aromatic nitrogens is 1. The van der Waals surface area contributed by atoms with Gasteiger partial charge in [0.25, 0.3) is 0 Å². The number of carboxylic acid groups (broad SMARTS) is 1. The second-order valence-corrected chi connectivity index (χ2v) is 11.1. The number of nitrogens with zero attached hydrogens (tertiary/aromatic N) is 2. The predicted molar refractivity (Wildman–Crippen MR) is 139 cm³/mol. The van der Waals surface area contributed by atoms with Crippen LogP contribution in [0.25, 0.3) is 10.9 Å². The van der Waals surface area contributed by atoms with Crippen molar-refractivity contribution in [3.63, 3.8) is 0 Å². The Bertz CT molecular complexity index is 1440. The Kier molecular flexibility index (Phi) is 6.24. The van der Waals surface area contributed by atoms with E-state index in [4.69, 9.17) is 4.74 Å². The summed E-state index contributed by atoms with van der Waals surface area (Å²) in [5.41, 5.74) is -0.601. The number of hydrogen-bond acceptors (Lipinski definition) is 6. The van der Waals surface area contributed by atoms with E-state index in [2.05, 4.69) is 5.32 Å². The number of para-hydroxylation sites is 1. The summed E-state index contributed by atoms with van der Waals surface area (Å²) < 4.78 is 7.39. The Morgan fingerprint density at radius 1 is 1.03 bits per heavy atom. The molecule has 4 unspecified atom stereocenters. The molecule has 2 aliphatic heterocycles. The summed E-state index contributed by atoms with van der Waals surface area (Å²) in [4.78, 5) is 54.3. The molecule has 9 nitrogen and oxygen atoms in total. The quantitative estimate of drug-likeness (QED) is 0.481. The number of carboxylic acids is 1. The van der Waals surface area contributed by atoms with Gasteiger partial charge in [-0.25, -0.2) is 0 Å². The maximum absolute atomic E-state index is 13.9. The average Bonchev–Trinajstić information content (AvgIpc) is 3.49. The van der Waals surface area contributed by atoms with Gasteiger partial charge in [-0.1, -0.05) is 48.5 Å². The van der Waals surface area contributed by atoms with E-state index in [1.165, 1.54) is 16.4 Å². The molecule has 0 saturated carbocycles. The van der Waals surface area contributed by atoms with Crippen LogP contribution in [0.1, 0.15) is 49.7 Å². The molecule has 4 atom stereocenters. The third-order valence-electron chi connectivity index (χ3n) is 7.57. The molecular formula is C29H31N3O6. The number of likely N-dealkylation sites (tertiary alicyclic amines) is 1. The number of rotatable bonds is 6. The van der Waals surface area contributed by atoms with Gasteiger partial charge in [-0.15, -0.1) is 0 Å². The molecule has 2 saturated heterocycles. The zero-order chi connectivity index (χ0) is 27.4. The molecule has 2 fully saturated rings. The van der Waals surface area contributed by atoms with Crippen molar-refractivity contribution in [1.82, 2.24) is 14.8 Å². The number of aliphatic carboxylic acids is 1. The van der Waals surface area contributed by atoms with E-state index in [-0.39, 0.29) is 19.1 Å². The van der Waals surface area contributed by atoms with Gasteiger partial charge in [0.15, 0.2) is 5.54 Å². The molecule has 0 spiro atoms. The van der Waals surface area contributed by atoms with Crippen molar-refractivity contribution in [1.29, 1.82) is 0 Å². The van der Waals surface area contributed by atoms with Gasteiger partial charge < -0.3 is 9.84 Å². The minimum Gasteiger partial charge on any atom is -0.480 e. The molecule has 198 valence electrons. The Balaban J connectivity index is 1.63. The molecule has 1 aromatic heterocycles. The predicted octanol–water partition coefficient (Wildman–Crippen LogP) is 3.39. The number of fused-ring (bicyclic) bond motifs is 2. The highest BCUT2D eigenvalue weighted by atomic mass is 16.5. The topological polar surface area (TPSA) is 118 Å². The van der Waals surface area contributed by atoms with Gasteiger partial charge in [0.1, 0.15) is 0 Å². The first kappa shape index (κ1) is 25.8. The lowest BCUT2D eigenvalue weighted by Gasteiger charge is -2.35. The van der Waals surface area contributed by atoms with Crippen molar-refractivity contribution in [3.8, 4) is 0 Å². The van der Waals surface area contributed by atoms with Crippen LogP contribution in [0, 0.1) is 11.8 Å². The van der Waals surface area contributed by atoms with Gasteiger partial charge in [0.05, 0.1) is 30.6 Å². The van der Waals surface area contributed by atoms with E-state index in [1.54, 1.807) is 39.1 Å². The molecule has 5 rings (SSSR count). The van der Waals surface area contributed by atoms with Crippen LogP contribution >= 0.6 is 0 Å². The van der Waals surface area contributed by atoms with Crippen LogP contribution in [0.4, 0.5) is 0 Å². The molecule has 3 heterocycles. The molecule has 0 radical (unpaired) electrons. The summed E-state index contributed by atoms with van der Waals surface area (Å²) in [5.74, 6) is -4.63. The number of benzene rings is 2. The number of imide groups is 1. The van der Waals surface area contributed by atoms with Crippen LogP contribution in [0.15, 0.2) is 60.8 Å². The van der Waals surface area contributed by atoms with E-state index in [0.29, 0.717) is 16.5 Å². The molecule has 2 aromatic carbocycles. The van der Waals surface area contributed by atoms with E-state index in [9.17, 15) is 24.3 Å². The molecule has 2 amide bonds. The minimum absolute atomic E-state index is 0.147. The lowest BCUT2D eigenvalue weighted by atomic mass is 9.79. The Hall–Kier alpha value is -3.82. The normalized spacial score (nSPS) is 25.3. The van der Waals surface area contributed by atoms with E-state index < -0.39 is 46.7 Å². The van der Waals surface area contributed by atoms with Gasteiger partial charge in [-0.3, -0.25) is 34.0 Å². The minimum atomic E-state index is -1.85. The van der Waals surface area contributed by atoms with Crippen LogP contribution < -0.4 is 5.32 Å². The summed E-state index contributed by atoms with van der Waals surface area (Å²) in [6, 6.07) is 15.7. The monoisotopic (exact) mass is 517 g/mol. The Morgan fingerprint density at radius 3 is 2.32 bits per heavy atom. The molecule has 2 aliphatic rings. The van der Waals surface area contributed by atoms with Crippen LogP contribution in [-0.4, -0.2) is 55.9 Å². The fourth-order valence-electron chi connectivity index (χ4n) is 5.94. The second kappa shape index (κ2) is 9.18. The van der Waals surface area contributed by atoms with Crippen molar-refractivity contribution in [2.75, 3.05) is 6.61 Å². The van der Waals surface area contributed by atoms with Crippen molar-refractivity contribution in [2.45, 2.75) is 51.4 Å². The number of amides is 2. The number of ether oxygens (including phenoxy) is 1. The average molecular weight is 518 g/mol. The van der Waals surface area contributed by atoms with E-state index >= 15 is 0 Å². The summed E-state index contributed by atoms with van der Waals surface area (Å²) >= 11 is 0. The molecule has 38 heavy (non-hydrogen) atoms. The Labute approximate surface area is 220 Å². The highest BCUT2D eigenvalue weighted by Crippen LogP contribution is 2.51. The zero-order valence-corrected chi connectivity index (χ0v) is 21.8. The van der Waals surface area contributed by atoms with E-state index in [1.807, 2.05) is 42.5 Å². The maximum atomic E-state index is 13.9. The van der Waals surface area contributed by atoms with Crippen molar-refractivity contribution >= 4 is 34.6 Å². The second-order valence-electron chi connectivity index (χ2n) is 11.1. The smallest absolute Gasteiger partial charge is 0.327 e. The number of nitrogens with one attached hydrogen (secondary N) is 1. The van der Waals surface area contributed by atoms with Crippen LogP contribution in [0.3, 0.4) is 0 Å². The fraction of sp³-hybridized carbons (Fsp3) is 0.379. The summed E-state index contributed by atoms with van der Waals surface area (Å²) in [6.45, 7) is 6.52. The number of hydrogen-bond donors (Lipinski definition) is 2. The van der Waals surface area contributed by atoms with Crippen LogP contribution in [-0.2, 0) is 25.7 Å². The largest absolute Gasteiger partial charge is 0.480 e. The van der Waals surface area contributed by atoms with Gasteiger partial charge >= 0.3 is 5.97 Å². The molecule has 9 heteroatoms.